The first-order valence-electron chi connectivity index (χ1n) is 9.92. The van der Waals surface area contributed by atoms with Crippen LogP contribution in [-0.2, 0) is 12.6 Å². The number of hydrogen-bond donors (Lipinski definition) is 2. The fourth-order valence-corrected chi connectivity index (χ4v) is 4.46. The van der Waals surface area contributed by atoms with Gasteiger partial charge in [-0.1, -0.05) is 17.0 Å². The fourth-order valence-electron chi connectivity index (χ4n) is 4.46. The number of aromatic nitrogens is 4. The SMILES string of the molecule is Cc1nc([C@](C)(O)C#Cc2cc3c(cc2F)C2CC(C2)c2c-3nc(C(N)=O)n2C)no1. The Morgan fingerprint density at radius 2 is 2.10 bits per heavy atom. The molecule has 1 saturated carbocycles. The molecule has 2 heterocycles. The number of aryl methyl sites for hydroxylation is 1. The molecule has 1 atom stereocenters. The zero-order chi connectivity index (χ0) is 22.1. The van der Waals surface area contributed by atoms with Gasteiger partial charge in [0.15, 0.2) is 11.4 Å². The predicted molar refractivity (Wildman–Crippen MR) is 107 cm³/mol. The van der Waals surface area contributed by atoms with Gasteiger partial charge in [-0.25, -0.2) is 9.37 Å². The van der Waals surface area contributed by atoms with Crippen LogP contribution in [-0.4, -0.2) is 30.7 Å². The Labute approximate surface area is 177 Å². The Morgan fingerprint density at radius 1 is 1.35 bits per heavy atom. The second-order valence-corrected chi connectivity index (χ2v) is 8.34. The van der Waals surface area contributed by atoms with Crippen LogP contribution in [0.4, 0.5) is 4.39 Å². The van der Waals surface area contributed by atoms with Crippen molar-refractivity contribution in [1.82, 2.24) is 19.7 Å². The van der Waals surface area contributed by atoms with Gasteiger partial charge in [0, 0.05) is 31.1 Å². The van der Waals surface area contributed by atoms with E-state index in [1.165, 1.54) is 13.0 Å². The minimum atomic E-state index is -1.71. The minimum Gasteiger partial charge on any atom is -0.371 e. The summed E-state index contributed by atoms with van der Waals surface area (Å²) in [5, 5.41) is 14.3. The van der Waals surface area contributed by atoms with Gasteiger partial charge in [-0.15, -0.1) is 0 Å². The number of amides is 1. The van der Waals surface area contributed by atoms with Gasteiger partial charge in [-0.3, -0.25) is 4.79 Å². The number of benzene rings is 1. The van der Waals surface area contributed by atoms with Gasteiger partial charge in [0.05, 0.1) is 11.3 Å². The van der Waals surface area contributed by atoms with E-state index in [9.17, 15) is 14.3 Å². The summed E-state index contributed by atoms with van der Waals surface area (Å²) in [5.41, 5.74) is 7.06. The molecule has 0 saturated heterocycles. The zero-order valence-electron chi connectivity index (χ0n) is 17.2. The number of rotatable bonds is 2. The first-order valence-corrected chi connectivity index (χ1v) is 9.92. The van der Waals surface area contributed by atoms with Crippen molar-refractivity contribution in [1.29, 1.82) is 0 Å². The molecule has 1 amide bonds. The van der Waals surface area contributed by atoms with Crippen molar-refractivity contribution in [3.63, 3.8) is 0 Å². The average molecular weight is 421 g/mol. The molecule has 158 valence electrons. The second-order valence-electron chi connectivity index (χ2n) is 8.34. The van der Waals surface area contributed by atoms with Crippen molar-refractivity contribution in [3.05, 3.63) is 52.3 Å². The van der Waals surface area contributed by atoms with E-state index in [2.05, 4.69) is 27.0 Å². The normalized spacial score (nSPS) is 20.4. The maximum absolute atomic E-state index is 14.9. The standard InChI is InChI=1S/C22H20FN5O3/c1-10-25-21(27-31-10)22(2,30)5-4-11-8-15-14(9-16(11)23)12-6-13(7-12)18-17(15)26-20(19(24)29)28(18)3/h8-9,12-13,30H,6-7H2,1-3H3,(H2,24,29)/t12?,13?,22-/m1/s1. The number of halogens is 1. The number of nitrogens with zero attached hydrogens (tertiary/aromatic N) is 4. The third-order valence-corrected chi connectivity index (χ3v) is 6.12. The van der Waals surface area contributed by atoms with Crippen molar-refractivity contribution in [2.45, 2.75) is 44.1 Å². The molecule has 1 fully saturated rings. The third-order valence-electron chi connectivity index (χ3n) is 6.12. The lowest BCUT2D eigenvalue weighted by Gasteiger charge is -2.34. The lowest BCUT2D eigenvalue weighted by molar-refractivity contribution is 0.0986. The van der Waals surface area contributed by atoms with E-state index < -0.39 is 17.3 Å². The van der Waals surface area contributed by atoms with Crippen molar-refractivity contribution in [2.24, 2.45) is 12.8 Å². The summed E-state index contributed by atoms with van der Waals surface area (Å²) in [6, 6.07) is 3.12. The molecule has 9 heteroatoms. The molecule has 0 unspecified atom stereocenters. The number of hydrogen-bond acceptors (Lipinski definition) is 6. The quantitative estimate of drug-likeness (QED) is 0.613. The highest BCUT2D eigenvalue weighted by molar-refractivity contribution is 5.91. The highest BCUT2D eigenvalue weighted by atomic mass is 19.1. The smallest absolute Gasteiger partial charge is 0.284 e. The van der Waals surface area contributed by atoms with Crippen molar-refractivity contribution in [2.75, 3.05) is 0 Å². The molecule has 1 aromatic carbocycles. The molecule has 3 aromatic rings. The van der Waals surface area contributed by atoms with Crippen LogP contribution < -0.4 is 5.73 Å². The molecule has 0 radical (unpaired) electrons. The summed E-state index contributed by atoms with van der Waals surface area (Å²) in [6.45, 7) is 3.01. The van der Waals surface area contributed by atoms with E-state index in [0.717, 1.165) is 29.7 Å². The van der Waals surface area contributed by atoms with E-state index in [-0.39, 0.29) is 29.0 Å². The van der Waals surface area contributed by atoms with Crippen molar-refractivity contribution >= 4 is 5.91 Å². The second kappa shape index (κ2) is 6.49. The number of carbonyl (C=O) groups excluding carboxylic acids is 1. The molecular formula is C22H20FN5O3. The van der Waals surface area contributed by atoms with Crippen molar-refractivity contribution < 1.29 is 18.8 Å². The summed E-state index contributed by atoms with van der Waals surface area (Å²) >= 11 is 0. The van der Waals surface area contributed by atoms with E-state index in [1.54, 1.807) is 24.6 Å². The highest BCUT2D eigenvalue weighted by Crippen LogP contribution is 2.55. The molecule has 0 spiro atoms. The molecule has 8 nitrogen and oxygen atoms in total. The number of primary amides is 1. The number of nitrogens with two attached hydrogens (primary N) is 1. The highest BCUT2D eigenvalue weighted by Gasteiger charge is 2.42. The minimum absolute atomic E-state index is 0.00611. The Morgan fingerprint density at radius 3 is 2.74 bits per heavy atom. The molecule has 2 aromatic heterocycles. The Balaban J connectivity index is 1.64. The Hall–Kier alpha value is -3.51. The van der Waals surface area contributed by atoms with Crippen LogP contribution in [0, 0.1) is 24.6 Å². The van der Waals surface area contributed by atoms with Gasteiger partial charge in [0.25, 0.3) is 5.91 Å². The van der Waals surface area contributed by atoms with Gasteiger partial charge in [0.1, 0.15) is 5.82 Å². The maximum Gasteiger partial charge on any atom is 0.284 e. The van der Waals surface area contributed by atoms with Crippen LogP contribution in [0.2, 0.25) is 0 Å². The molecule has 6 rings (SSSR count). The first kappa shape index (κ1) is 19.5. The molecular weight excluding hydrogens is 401 g/mol. The molecule has 2 bridgehead atoms. The van der Waals surface area contributed by atoms with Crippen LogP contribution in [0.5, 0.6) is 0 Å². The van der Waals surface area contributed by atoms with Crippen LogP contribution >= 0.6 is 0 Å². The largest absolute Gasteiger partial charge is 0.371 e. The van der Waals surface area contributed by atoms with Crippen LogP contribution in [0.1, 0.15) is 70.8 Å². The van der Waals surface area contributed by atoms with Gasteiger partial charge >= 0.3 is 0 Å². The molecule has 3 aliphatic rings. The van der Waals surface area contributed by atoms with Crippen molar-refractivity contribution in [3.8, 4) is 23.1 Å². The van der Waals surface area contributed by atoms with Gasteiger partial charge in [-0.05, 0) is 43.4 Å². The maximum atomic E-state index is 14.9. The predicted octanol–water partition coefficient (Wildman–Crippen LogP) is 2.25. The van der Waals surface area contributed by atoms with Crippen LogP contribution in [0.25, 0.3) is 11.3 Å². The molecule has 3 aliphatic carbocycles. The lowest BCUT2D eigenvalue weighted by atomic mass is 9.71. The Bertz CT molecular complexity index is 1300. The number of imidazole rings is 1. The van der Waals surface area contributed by atoms with E-state index in [0.29, 0.717) is 11.6 Å². The molecule has 0 aliphatic heterocycles. The fraction of sp³-hybridized carbons (Fsp3) is 0.364. The summed E-state index contributed by atoms with van der Waals surface area (Å²) in [6.07, 6.45) is 1.74. The van der Waals surface area contributed by atoms with Crippen LogP contribution in [0.3, 0.4) is 0 Å². The Kier molecular flexibility index (Phi) is 4.07. The summed E-state index contributed by atoms with van der Waals surface area (Å²) in [7, 11) is 1.78. The summed E-state index contributed by atoms with van der Waals surface area (Å²) < 4.78 is 21.6. The lowest BCUT2D eigenvalue weighted by Crippen LogP contribution is -2.23. The summed E-state index contributed by atoms with van der Waals surface area (Å²) in [4.78, 5) is 20.3. The van der Waals surface area contributed by atoms with E-state index in [4.69, 9.17) is 10.3 Å². The van der Waals surface area contributed by atoms with Gasteiger partial charge in [-0.2, -0.15) is 4.98 Å². The molecule has 31 heavy (non-hydrogen) atoms. The first-order chi connectivity index (χ1) is 14.7. The van der Waals surface area contributed by atoms with Gasteiger partial charge < -0.3 is 19.9 Å². The van der Waals surface area contributed by atoms with Gasteiger partial charge in [0.2, 0.25) is 11.7 Å². The topological polar surface area (TPSA) is 120 Å². The van der Waals surface area contributed by atoms with E-state index in [1.807, 2.05) is 0 Å². The molecule has 3 N–H and O–H groups in total. The monoisotopic (exact) mass is 421 g/mol. The summed E-state index contributed by atoms with van der Waals surface area (Å²) in [5.74, 6) is 5.20. The van der Waals surface area contributed by atoms with E-state index >= 15 is 0 Å². The number of carbonyl (C=O) groups is 1. The zero-order valence-corrected chi connectivity index (χ0v) is 17.2. The number of aliphatic hydroxyl groups is 1. The van der Waals surface area contributed by atoms with Crippen LogP contribution in [0.15, 0.2) is 16.7 Å². The third kappa shape index (κ3) is 2.94. The average Bonchev–Trinajstić information content (AvgIpc) is 3.18.